The lowest BCUT2D eigenvalue weighted by Gasteiger charge is -2.07. The van der Waals surface area contributed by atoms with Crippen molar-refractivity contribution >= 4 is 44.9 Å². The van der Waals surface area contributed by atoms with Crippen molar-refractivity contribution in [1.29, 1.82) is 0 Å². The molecule has 12 heteroatoms. The van der Waals surface area contributed by atoms with Crippen molar-refractivity contribution in [3.05, 3.63) is 63.0 Å². The first-order valence-electron chi connectivity index (χ1n) is 8.40. The highest BCUT2D eigenvalue weighted by molar-refractivity contribution is 9.10. The predicted octanol–water partition coefficient (Wildman–Crippen LogP) is 2.57. The Morgan fingerprint density at radius 3 is 2.34 bits per heavy atom. The van der Waals surface area contributed by atoms with Crippen LogP contribution < -0.4 is 10.6 Å². The minimum atomic E-state index is -0.602. The lowest BCUT2D eigenvalue weighted by atomic mass is 10.2. The number of carbonyl (C=O) groups excluding carboxylic acids is 2. The number of nitrogens with one attached hydrogen (secondary N) is 2. The number of anilines is 2. The third-order valence-electron chi connectivity index (χ3n) is 3.81. The van der Waals surface area contributed by atoms with Crippen molar-refractivity contribution in [2.75, 3.05) is 10.6 Å². The molecule has 0 aliphatic rings. The van der Waals surface area contributed by atoms with Crippen LogP contribution in [0.5, 0.6) is 0 Å². The normalized spacial score (nSPS) is 10.6. The van der Waals surface area contributed by atoms with Crippen LogP contribution in [0.25, 0.3) is 0 Å². The quantitative estimate of drug-likeness (QED) is 0.409. The van der Waals surface area contributed by atoms with Crippen molar-refractivity contribution in [2.45, 2.75) is 13.0 Å². The second-order valence-corrected chi connectivity index (χ2v) is 6.88. The van der Waals surface area contributed by atoms with Gasteiger partial charge >= 0.3 is 5.82 Å². The topological polar surface area (TPSA) is 137 Å². The van der Waals surface area contributed by atoms with Crippen LogP contribution >= 0.6 is 15.9 Å². The summed E-state index contributed by atoms with van der Waals surface area (Å²) in [5.74, 6) is -0.903. The number of amides is 2. The first-order chi connectivity index (χ1) is 13.8. The largest absolute Gasteiger partial charge is 0.404 e. The first kappa shape index (κ1) is 20.2. The fraction of sp³-hybridized carbons (Fsp3) is 0.176. The van der Waals surface area contributed by atoms with E-state index in [1.807, 2.05) is 0 Å². The van der Waals surface area contributed by atoms with Crippen LogP contribution in [-0.4, -0.2) is 36.3 Å². The van der Waals surface area contributed by atoms with Crippen LogP contribution in [0.3, 0.4) is 0 Å². The number of benzene rings is 1. The van der Waals surface area contributed by atoms with E-state index in [1.54, 1.807) is 43.6 Å². The van der Waals surface area contributed by atoms with Gasteiger partial charge in [-0.05, 0) is 51.2 Å². The molecule has 0 atom stereocenters. The Labute approximate surface area is 173 Å². The highest BCUT2D eigenvalue weighted by Crippen LogP contribution is 2.22. The molecule has 0 bridgehead atoms. The van der Waals surface area contributed by atoms with Gasteiger partial charge in [0.2, 0.25) is 5.91 Å². The molecule has 2 amide bonds. The molecule has 2 heterocycles. The highest BCUT2D eigenvalue weighted by atomic mass is 79.9. The maximum absolute atomic E-state index is 12.1. The Balaban J connectivity index is 1.51. The molecule has 0 spiro atoms. The van der Waals surface area contributed by atoms with Gasteiger partial charge in [-0.25, -0.2) is 0 Å². The molecule has 1 aromatic carbocycles. The van der Waals surface area contributed by atoms with E-state index in [2.05, 4.69) is 36.8 Å². The van der Waals surface area contributed by atoms with Crippen LogP contribution in [0.1, 0.15) is 16.9 Å². The van der Waals surface area contributed by atoms with E-state index in [0.717, 1.165) is 0 Å². The Hall–Kier alpha value is -3.54. The SMILES string of the molecule is Cn1ccc(C(=O)Nc2ccc(NC(=O)CCn3cc(Br)c([N+](=O)[O-])n3)cc2)n1. The number of rotatable bonds is 7. The molecule has 0 aliphatic carbocycles. The summed E-state index contributed by atoms with van der Waals surface area (Å²) >= 11 is 3.06. The molecule has 0 saturated heterocycles. The molecule has 29 heavy (non-hydrogen) atoms. The molecule has 2 N–H and O–H groups in total. The third kappa shape index (κ3) is 5.25. The summed E-state index contributed by atoms with van der Waals surface area (Å²) in [5, 5.41) is 24.0. The highest BCUT2D eigenvalue weighted by Gasteiger charge is 2.18. The Kier molecular flexibility index (Phi) is 6.02. The van der Waals surface area contributed by atoms with Crippen molar-refractivity contribution in [3.63, 3.8) is 0 Å². The van der Waals surface area contributed by atoms with E-state index in [0.29, 0.717) is 17.1 Å². The number of carbonyl (C=O) groups is 2. The monoisotopic (exact) mass is 461 g/mol. The maximum Gasteiger partial charge on any atom is 0.404 e. The van der Waals surface area contributed by atoms with Gasteiger partial charge in [0.25, 0.3) is 5.91 Å². The molecule has 11 nitrogen and oxygen atoms in total. The fourth-order valence-corrected chi connectivity index (χ4v) is 2.89. The van der Waals surface area contributed by atoms with Gasteiger partial charge in [0.15, 0.2) is 5.69 Å². The smallest absolute Gasteiger partial charge is 0.358 e. The summed E-state index contributed by atoms with van der Waals surface area (Å²) in [4.78, 5) is 34.3. The average Bonchev–Trinajstić information content (AvgIpc) is 3.27. The number of nitrogens with zero attached hydrogens (tertiary/aromatic N) is 5. The number of aromatic nitrogens is 4. The summed E-state index contributed by atoms with van der Waals surface area (Å²) in [6.45, 7) is 0.191. The maximum atomic E-state index is 12.1. The molecule has 2 aromatic heterocycles. The second kappa shape index (κ2) is 8.65. The van der Waals surface area contributed by atoms with Crippen molar-refractivity contribution in [3.8, 4) is 0 Å². The van der Waals surface area contributed by atoms with E-state index in [1.165, 1.54) is 15.6 Å². The summed E-state index contributed by atoms with van der Waals surface area (Å²) in [7, 11) is 1.72. The van der Waals surface area contributed by atoms with Crippen molar-refractivity contribution in [2.24, 2.45) is 7.05 Å². The number of hydrogen-bond acceptors (Lipinski definition) is 6. The minimum Gasteiger partial charge on any atom is -0.358 e. The average molecular weight is 462 g/mol. The zero-order chi connectivity index (χ0) is 21.0. The van der Waals surface area contributed by atoms with E-state index in [-0.39, 0.29) is 35.1 Å². The van der Waals surface area contributed by atoms with Crippen LogP contribution in [0.4, 0.5) is 17.2 Å². The molecule has 0 saturated carbocycles. The predicted molar refractivity (Wildman–Crippen MR) is 107 cm³/mol. The molecule has 150 valence electrons. The summed E-state index contributed by atoms with van der Waals surface area (Å²) in [6, 6.07) is 8.23. The zero-order valence-electron chi connectivity index (χ0n) is 15.2. The second-order valence-electron chi connectivity index (χ2n) is 6.03. The number of aryl methyl sites for hydroxylation is 2. The van der Waals surface area contributed by atoms with Crippen LogP contribution in [-0.2, 0) is 18.4 Å². The van der Waals surface area contributed by atoms with Crippen LogP contribution in [0, 0.1) is 10.1 Å². The lowest BCUT2D eigenvalue weighted by molar-refractivity contribution is -0.390. The van der Waals surface area contributed by atoms with E-state index < -0.39 is 4.92 Å². The molecule has 0 radical (unpaired) electrons. The molecular formula is C17H16BrN7O4. The third-order valence-corrected chi connectivity index (χ3v) is 4.37. The molecule has 3 aromatic rings. The zero-order valence-corrected chi connectivity index (χ0v) is 16.8. The van der Waals surface area contributed by atoms with E-state index in [9.17, 15) is 19.7 Å². The van der Waals surface area contributed by atoms with E-state index in [4.69, 9.17) is 0 Å². The van der Waals surface area contributed by atoms with Gasteiger partial charge in [0.05, 0.1) is 17.8 Å². The van der Waals surface area contributed by atoms with Gasteiger partial charge in [-0.3, -0.25) is 14.3 Å². The van der Waals surface area contributed by atoms with E-state index >= 15 is 0 Å². The number of halogens is 1. The minimum absolute atomic E-state index is 0.0867. The van der Waals surface area contributed by atoms with Gasteiger partial charge in [-0.1, -0.05) is 0 Å². The van der Waals surface area contributed by atoms with Crippen molar-refractivity contribution < 1.29 is 14.5 Å². The van der Waals surface area contributed by atoms with Crippen molar-refractivity contribution in [1.82, 2.24) is 19.6 Å². The van der Waals surface area contributed by atoms with Gasteiger partial charge in [-0.2, -0.15) is 9.78 Å². The molecule has 0 aliphatic heterocycles. The molecule has 3 rings (SSSR count). The first-order valence-corrected chi connectivity index (χ1v) is 9.19. The van der Waals surface area contributed by atoms with Gasteiger partial charge in [0, 0.05) is 31.0 Å². The summed E-state index contributed by atoms with van der Waals surface area (Å²) in [6.07, 6.45) is 3.21. The Morgan fingerprint density at radius 2 is 1.79 bits per heavy atom. The van der Waals surface area contributed by atoms with Crippen LogP contribution in [0.2, 0.25) is 0 Å². The van der Waals surface area contributed by atoms with Gasteiger partial charge in [0.1, 0.15) is 4.47 Å². The van der Waals surface area contributed by atoms with Crippen LogP contribution in [0.15, 0.2) is 47.2 Å². The standard InChI is InChI=1S/C17H16BrN7O4/c1-23-8-6-14(21-23)17(27)20-12-4-2-11(3-5-12)19-15(26)7-9-24-10-13(18)16(22-24)25(28)29/h2-6,8,10H,7,9H2,1H3,(H,19,26)(H,20,27). The summed E-state index contributed by atoms with van der Waals surface area (Å²) in [5.41, 5.74) is 1.42. The molecular weight excluding hydrogens is 446 g/mol. The number of nitro groups is 1. The molecule has 0 unspecified atom stereocenters. The fourth-order valence-electron chi connectivity index (χ4n) is 2.43. The Morgan fingerprint density at radius 1 is 1.14 bits per heavy atom. The molecule has 0 fully saturated rings. The summed E-state index contributed by atoms with van der Waals surface area (Å²) < 4.78 is 3.12. The van der Waals surface area contributed by atoms with Gasteiger partial charge < -0.3 is 20.7 Å². The number of hydrogen-bond donors (Lipinski definition) is 2. The lowest BCUT2D eigenvalue weighted by Crippen LogP contribution is -2.15. The van der Waals surface area contributed by atoms with Gasteiger partial charge in [-0.15, -0.1) is 0 Å². The Bertz CT molecular complexity index is 1060.